The number of nitrogens with zero attached hydrogens (tertiary/aromatic N) is 2. The molecule has 1 rings (SSSR count). The summed E-state index contributed by atoms with van der Waals surface area (Å²) >= 11 is 1.71. The molecule has 0 atom stereocenters. The number of hydrogen-bond donors (Lipinski definition) is 0. The van der Waals surface area contributed by atoms with Crippen molar-refractivity contribution in [2.45, 2.75) is 40.5 Å². The zero-order valence-corrected chi connectivity index (χ0v) is 8.53. The van der Waals surface area contributed by atoms with Gasteiger partial charge in [0.25, 0.3) is 0 Å². The van der Waals surface area contributed by atoms with Crippen molar-refractivity contribution in [3.05, 3.63) is 10.0 Å². The minimum absolute atomic E-state index is 1.01. The highest BCUT2D eigenvalue weighted by Crippen LogP contribution is 2.09. The highest BCUT2D eigenvalue weighted by Gasteiger charge is 1.97. The van der Waals surface area contributed by atoms with Crippen LogP contribution in [0.15, 0.2) is 0 Å². The first-order chi connectivity index (χ1) is 5.36. The van der Waals surface area contributed by atoms with Crippen LogP contribution in [0.2, 0.25) is 0 Å². The Labute approximate surface area is 72.7 Å². The number of hydrogen-bond acceptors (Lipinski definition) is 3. The van der Waals surface area contributed by atoms with Crippen molar-refractivity contribution in [1.82, 2.24) is 10.2 Å². The number of rotatable bonds is 2. The quantitative estimate of drug-likeness (QED) is 0.685. The molecule has 0 saturated carbocycles. The Bertz CT molecular complexity index is 165. The van der Waals surface area contributed by atoms with Gasteiger partial charge in [0.15, 0.2) is 0 Å². The lowest BCUT2D eigenvalue weighted by Gasteiger charge is -1.78. The summed E-state index contributed by atoms with van der Waals surface area (Å²) in [6, 6.07) is 0. The van der Waals surface area contributed by atoms with E-state index >= 15 is 0 Å². The fourth-order valence-corrected chi connectivity index (χ4v) is 1.30. The molecule has 1 aromatic heterocycles. The molecular weight excluding hydrogens is 156 g/mol. The molecule has 64 valence electrons. The predicted octanol–water partition coefficient (Wildman–Crippen LogP) is 2.69. The van der Waals surface area contributed by atoms with Crippen LogP contribution in [-0.4, -0.2) is 10.2 Å². The predicted molar refractivity (Wildman–Crippen MR) is 50.0 cm³/mol. The van der Waals surface area contributed by atoms with Gasteiger partial charge in [0, 0.05) is 0 Å². The monoisotopic (exact) mass is 172 g/mol. The lowest BCUT2D eigenvalue weighted by atomic mass is 10.5. The third kappa shape index (κ3) is 3.46. The van der Waals surface area contributed by atoms with Crippen LogP contribution < -0.4 is 0 Å². The summed E-state index contributed by atoms with van der Waals surface area (Å²) in [4.78, 5) is 0. The third-order valence-electron chi connectivity index (χ3n) is 1.11. The van der Waals surface area contributed by atoms with Crippen LogP contribution >= 0.6 is 11.3 Å². The van der Waals surface area contributed by atoms with Gasteiger partial charge in [-0.25, -0.2) is 0 Å². The van der Waals surface area contributed by atoms with Crippen molar-refractivity contribution < 1.29 is 0 Å². The second-order valence-electron chi connectivity index (χ2n) is 1.80. The maximum Gasteiger partial charge on any atom is 0.117 e. The summed E-state index contributed by atoms with van der Waals surface area (Å²) in [7, 11) is 0. The molecule has 0 unspecified atom stereocenters. The van der Waals surface area contributed by atoms with Gasteiger partial charge < -0.3 is 0 Å². The van der Waals surface area contributed by atoms with Crippen molar-refractivity contribution in [2.24, 2.45) is 0 Å². The molecule has 0 aromatic carbocycles. The maximum absolute atomic E-state index is 3.97. The Kier molecular flexibility index (Phi) is 6.03. The second kappa shape index (κ2) is 6.28. The fourth-order valence-electron chi connectivity index (χ4n) is 0.574. The van der Waals surface area contributed by atoms with E-state index in [4.69, 9.17) is 0 Å². The van der Waals surface area contributed by atoms with Gasteiger partial charge in [0.05, 0.1) is 0 Å². The number of aromatic nitrogens is 2. The van der Waals surface area contributed by atoms with Crippen molar-refractivity contribution in [3.63, 3.8) is 0 Å². The topological polar surface area (TPSA) is 25.8 Å². The van der Waals surface area contributed by atoms with E-state index in [0.717, 1.165) is 22.9 Å². The molecule has 0 spiro atoms. The molecule has 2 nitrogen and oxygen atoms in total. The number of aryl methyl sites for hydroxylation is 2. The van der Waals surface area contributed by atoms with Gasteiger partial charge in [-0.2, -0.15) is 0 Å². The van der Waals surface area contributed by atoms with E-state index in [1.807, 2.05) is 13.8 Å². The first-order valence-corrected chi connectivity index (χ1v) is 4.99. The molecule has 0 fully saturated rings. The first kappa shape index (κ1) is 10.6. The second-order valence-corrected chi connectivity index (χ2v) is 2.94. The van der Waals surface area contributed by atoms with Crippen molar-refractivity contribution in [3.8, 4) is 0 Å². The van der Waals surface area contributed by atoms with Crippen LogP contribution in [0.5, 0.6) is 0 Å². The lowest BCUT2D eigenvalue weighted by molar-refractivity contribution is 0.936. The minimum Gasteiger partial charge on any atom is -0.144 e. The Balaban J connectivity index is 0.000000461. The van der Waals surface area contributed by atoms with Crippen molar-refractivity contribution in [2.75, 3.05) is 0 Å². The third-order valence-corrected chi connectivity index (χ3v) is 2.33. The lowest BCUT2D eigenvalue weighted by Crippen LogP contribution is -1.77. The Morgan fingerprint density at radius 3 is 1.55 bits per heavy atom. The Morgan fingerprint density at radius 1 is 1.00 bits per heavy atom. The first-order valence-electron chi connectivity index (χ1n) is 4.18. The summed E-state index contributed by atoms with van der Waals surface area (Å²) < 4.78 is 0. The standard InChI is InChI=1S/C6H10N2S.C2H6/c1-3-5-7-8-6(4-2)9-5;1-2/h3-4H2,1-2H3;1-2H3. The molecule has 11 heavy (non-hydrogen) atoms. The molecule has 0 N–H and O–H groups in total. The van der Waals surface area contributed by atoms with E-state index in [0.29, 0.717) is 0 Å². The van der Waals surface area contributed by atoms with Gasteiger partial charge in [-0.3, -0.25) is 0 Å². The summed E-state index contributed by atoms with van der Waals surface area (Å²) in [6.07, 6.45) is 2.02. The van der Waals surface area contributed by atoms with Crippen LogP contribution in [0.4, 0.5) is 0 Å². The molecule has 0 bridgehead atoms. The maximum atomic E-state index is 3.97. The van der Waals surface area contributed by atoms with E-state index in [9.17, 15) is 0 Å². The molecular formula is C8H16N2S. The highest BCUT2D eigenvalue weighted by atomic mass is 32.1. The average Bonchev–Trinajstić information content (AvgIpc) is 2.55. The average molecular weight is 172 g/mol. The molecule has 0 saturated heterocycles. The molecule has 0 radical (unpaired) electrons. The molecule has 1 heterocycles. The van der Waals surface area contributed by atoms with Crippen LogP contribution in [0.3, 0.4) is 0 Å². The normalized spacial score (nSPS) is 8.73. The van der Waals surface area contributed by atoms with Gasteiger partial charge in [-0.1, -0.05) is 27.7 Å². The fraction of sp³-hybridized carbons (Fsp3) is 0.750. The smallest absolute Gasteiger partial charge is 0.117 e. The van der Waals surface area contributed by atoms with Gasteiger partial charge in [0.1, 0.15) is 10.0 Å². The molecule has 1 aromatic rings. The summed E-state index contributed by atoms with van der Waals surface area (Å²) in [6.45, 7) is 8.19. The van der Waals surface area contributed by atoms with E-state index in [-0.39, 0.29) is 0 Å². The molecule has 0 aliphatic heterocycles. The zero-order valence-electron chi connectivity index (χ0n) is 7.72. The Morgan fingerprint density at radius 2 is 1.36 bits per heavy atom. The van der Waals surface area contributed by atoms with Gasteiger partial charge >= 0.3 is 0 Å². The summed E-state index contributed by atoms with van der Waals surface area (Å²) in [5.74, 6) is 0. The van der Waals surface area contributed by atoms with E-state index in [1.54, 1.807) is 11.3 Å². The van der Waals surface area contributed by atoms with Crippen LogP contribution in [-0.2, 0) is 12.8 Å². The summed E-state index contributed by atoms with van der Waals surface area (Å²) in [5, 5.41) is 10.2. The Hall–Kier alpha value is -0.440. The van der Waals surface area contributed by atoms with Crippen LogP contribution in [0.1, 0.15) is 37.7 Å². The molecule has 3 heteroatoms. The van der Waals surface area contributed by atoms with Gasteiger partial charge in [-0.15, -0.1) is 21.5 Å². The summed E-state index contributed by atoms with van der Waals surface area (Å²) in [5.41, 5.74) is 0. The van der Waals surface area contributed by atoms with E-state index in [2.05, 4.69) is 24.0 Å². The zero-order chi connectivity index (χ0) is 8.69. The van der Waals surface area contributed by atoms with E-state index < -0.39 is 0 Å². The van der Waals surface area contributed by atoms with E-state index in [1.165, 1.54) is 0 Å². The molecule has 0 aliphatic rings. The van der Waals surface area contributed by atoms with Crippen molar-refractivity contribution in [1.29, 1.82) is 0 Å². The largest absolute Gasteiger partial charge is 0.144 e. The van der Waals surface area contributed by atoms with Crippen molar-refractivity contribution >= 4 is 11.3 Å². The van der Waals surface area contributed by atoms with Crippen LogP contribution in [0, 0.1) is 0 Å². The minimum atomic E-state index is 1.01. The SMILES string of the molecule is CC.CCc1nnc(CC)s1. The van der Waals surface area contributed by atoms with Gasteiger partial charge in [-0.05, 0) is 12.8 Å². The van der Waals surface area contributed by atoms with Gasteiger partial charge in [0.2, 0.25) is 0 Å². The molecule has 0 amide bonds. The molecule has 0 aliphatic carbocycles. The van der Waals surface area contributed by atoms with Crippen LogP contribution in [0.25, 0.3) is 0 Å². The highest BCUT2D eigenvalue weighted by molar-refractivity contribution is 7.11.